The number of rotatable bonds is 1. The monoisotopic (exact) mass is 363 g/mol. The van der Waals surface area contributed by atoms with Crippen LogP contribution in [0.25, 0.3) is 0 Å². The van der Waals surface area contributed by atoms with Crippen LogP contribution in [0, 0.1) is 34.5 Å². The van der Waals surface area contributed by atoms with E-state index in [-0.39, 0.29) is 46.3 Å². The topological polar surface area (TPSA) is 86.6 Å². The smallest absolute Gasteiger partial charge is 0.217 e. The Morgan fingerprint density at radius 1 is 1.12 bits per heavy atom. The van der Waals surface area contributed by atoms with E-state index in [0.29, 0.717) is 31.6 Å². The number of aliphatic hydroxyl groups excluding tert-OH is 2. The van der Waals surface area contributed by atoms with Crippen LogP contribution < -0.4 is 5.32 Å². The molecular formula is C21H33NO4. The van der Waals surface area contributed by atoms with E-state index in [1.165, 1.54) is 0 Å². The number of nitrogens with one attached hydrogen (secondary N) is 1. The van der Waals surface area contributed by atoms with E-state index >= 15 is 0 Å². The summed E-state index contributed by atoms with van der Waals surface area (Å²) in [6, 6.07) is 0.108. The highest BCUT2D eigenvalue weighted by Gasteiger charge is 2.64. The van der Waals surface area contributed by atoms with Gasteiger partial charge in [-0.15, -0.1) is 0 Å². The van der Waals surface area contributed by atoms with E-state index in [4.69, 9.17) is 0 Å². The molecule has 0 aromatic rings. The number of carbonyl (C=O) groups excluding carboxylic acids is 2. The van der Waals surface area contributed by atoms with Gasteiger partial charge in [0.2, 0.25) is 5.91 Å². The first-order valence-electron chi connectivity index (χ1n) is 10.3. The standard InChI is InChI=1S/C21H33NO4/c1-11(23)22-18-5-4-14-13-9-16(25)15-8-12(24)6-7-20(15,2)19(13)17(26)10-21(14,18)3/h13-19,25-26H,4-10H2,1-3H3,(H,22,23)/t13?,14?,15-,16+,17?,18?,19?,20?,21?/m0/s1. The van der Waals surface area contributed by atoms with Crippen LogP contribution in [0.5, 0.6) is 0 Å². The van der Waals surface area contributed by atoms with Crippen molar-refractivity contribution >= 4 is 11.7 Å². The Labute approximate surface area is 155 Å². The van der Waals surface area contributed by atoms with Gasteiger partial charge in [0, 0.05) is 25.8 Å². The predicted molar refractivity (Wildman–Crippen MR) is 97.1 cm³/mol. The molecule has 0 saturated heterocycles. The number of ketones is 1. The minimum atomic E-state index is -0.458. The Morgan fingerprint density at radius 2 is 1.85 bits per heavy atom. The van der Waals surface area contributed by atoms with Gasteiger partial charge in [0.05, 0.1) is 12.2 Å². The van der Waals surface area contributed by atoms with Crippen LogP contribution in [-0.2, 0) is 9.59 Å². The summed E-state index contributed by atoms with van der Waals surface area (Å²) in [6.07, 6.45) is 4.32. The SMILES string of the molecule is CC(=O)NC1CCC2C3C[C@@H](O)[C@@H]4CC(=O)CCC4(C)C3C(O)CC12C. The predicted octanol–water partition coefficient (Wildman–Crippen LogP) is 2.04. The van der Waals surface area contributed by atoms with Gasteiger partial charge in [0.1, 0.15) is 5.78 Å². The van der Waals surface area contributed by atoms with Crippen molar-refractivity contribution < 1.29 is 19.8 Å². The number of carbonyl (C=O) groups is 2. The van der Waals surface area contributed by atoms with E-state index < -0.39 is 12.2 Å². The van der Waals surface area contributed by atoms with E-state index in [9.17, 15) is 19.8 Å². The molecule has 0 aromatic carbocycles. The minimum Gasteiger partial charge on any atom is -0.393 e. The van der Waals surface area contributed by atoms with E-state index in [0.717, 1.165) is 19.3 Å². The average molecular weight is 363 g/mol. The Hall–Kier alpha value is -0.940. The Bertz CT molecular complexity index is 621. The molecule has 0 bridgehead atoms. The maximum atomic E-state index is 12.0. The second-order valence-corrected chi connectivity index (χ2v) is 10.1. The van der Waals surface area contributed by atoms with Gasteiger partial charge < -0.3 is 15.5 Å². The van der Waals surface area contributed by atoms with Crippen molar-refractivity contribution in [2.75, 3.05) is 0 Å². The minimum absolute atomic E-state index is 0.00464. The van der Waals surface area contributed by atoms with Crippen LogP contribution in [-0.4, -0.2) is 40.2 Å². The summed E-state index contributed by atoms with van der Waals surface area (Å²) >= 11 is 0. The lowest BCUT2D eigenvalue weighted by Gasteiger charge is -2.62. The van der Waals surface area contributed by atoms with Crippen LogP contribution in [0.2, 0.25) is 0 Å². The molecule has 0 radical (unpaired) electrons. The van der Waals surface area contributed by atoms with Crippen molar-refractivity contribution in [2.45, 2.75) is 84.0 Å². The summed E-state index contributed by atoms with van der Waals surface area (Å²) in [5.74, 6) is 1.07. The Kier molecular flexibility index (Phi) is 4.27. The van der Waals surface area contributed by atoms with Gasteiger partial charge in [-0.1, -0.05) is 13.8 Å². The third-order valence-electron chi connectivity index (χ3n) is 8.81. The average Bonchev–Trinajstić information content (AvgIpc) is 2.84. The molecule has 146 valence electrons. The van der Waals surface area contributed by atoms with Gasteiger partial charge in [0.25, 0.3) is 0 Å². The Balaban J connectivity index is 1.67. The molecule has 9 atom stereocenters. The largest absolute Gasteiger partial charge is 0.393 e. The molecule has 3 N–H and O–H groups in total. The zero-order valence-electron chi connectivity index (χ0n) is 16.2. The zero-order valence-corrected chi connectivity index (χ0v) is 16.2. The van der Waals surface area contributed by atoms with E-state index in [1.54, 1.807) is 6.92 Å². The number of Topliss-reactive ketones (excluding diaryl/α,β-unsaturated/α-hetero) is 1. The first-order valence-corrected chi connectivity index (χ1v) is 10.3. The van der Waals surface area contributed by atoms with Crippen molar-refractivity contribution in [1.82, 2.24) is 5.32 Å². The van der Waals surface area contributed by atoms with Gasteiger partial charge >= 0.3 is 0 Å². The molecule has 4 fully saturated rings. The summed E-state index contributed by atoms with van der Waals surface area (Å²) in [5, 5.41) is 25.3. The summed E-state index contributed by atoms with van der Waals surface area (Å²) in [7, 11) is 0. The van der Waals surface area contributed by atoms with Gasteiger partial charge in [-0.2, -0.15) is 0 Å². The zero-order chi connectivity index (χ0) is 18.9. The van der Waals surface area contributed by atoms with Crippen molar-refractivity contribution in [2.24, 2.45) is 34.5 Å². The third-order valence-corrected chi connectivity index (χ3v) is 8.81. The van der Waals surface area contributed by atoms with Crippen LogP contribution in [0.3, 0.4) is 0 Å². The lowest BCUT2D eigenvalue weighted by Crippen LogP contribution is -2.63. The third kappa shape index (κ3) is 2.50. The number of fused-ring (bicyclic) bond motifs is 5. The molecule has 5 nitrogen and oxygen atoms in total. The molecule has 0 spiro atoms. The number of aliphatic hydroxyl groups is 2. The molecule has 4 aliphatic rings. The molecule has 7 unspecified atom stereocenters. The second kappa shape index (κ2) is 6.03. The maximum absolute atomic E-state index is 12.0. The quantitative estimate of drug-likeness (QED) is 0.665. The molecular weight excluding hydrogens is 330 g/mol. The van der Waals surface area contributed by atoms with Gasteiger partial charge in [-0.25, -0.2) is 0 Å². The van der Waals surface area contributed by atoms with Gasteiger partial charge in [-0.05, 0) is 66.6 Å². The summed E-state index contributed by atoms with van der Waals surface area (Å²) in [5.41, 5.74) is -0.275. The van der Waals surface area contributed by atoms with Crippen molar-refractivity contribution in [3.63, 3.8) is 0 Å². The molecule has 0 heterocycles. The van der Waals surface area contributed by atoms with Crippen LogP contribution in [0.4, 0.5) is 0 Å². The van der Waals surface area contributed by atoms with Crippen LogP contribution >= 0.6 is 0 Å². The fourth-order valence-electron chi connectivity index (χ4n) is 7.70. The first kappa shape index (κ1) is 18.4. The van der Waals surface area contributed by atoms with E-state index in [2.05, 4.69) is 19.2 Å². The highest BCUT2D eigenvalue weighted by Crippen LogP contribution is 2.65. The number of amides is 1. The lowest BCUT2D eigenvalue weighted by molar-refractivity contribution is -0.197. The molecule has 4 rings (SSSR count). The fraction of sp³-hybridized carbons (Fsp3) is 0.905. The fourth-order valence-corrected chi connectivity index (χ4v) is 7.70. The van der Waals surface area contributed by atoms with Crippen molar-refractivity contribution in [3.8, 4) is 0 Å². The lowest BCUT2D eigenvalue weighted by atomic mass is 9.43. The van der Waals surface area contributed by atoms with Crippen LogP contribution in [0.15, 0.2) is 0 Å². The molecule has 1 amide bonds. The highest BCUT2D eigenvalue weighted by molar-refractivity contribution is 5.79. The number of hydrogen-bond donors (Lipinski definition) is 3. The Morgan fingerprint density at radius 3 is 2.54 bits per heavy atom. The summed E-state index contributed by atoms with van der Waals surface area (Å²) < 4.78 is 0. The second-order valence-electron chi connectivity index (χ2n) is 10.1. The summed E-state index contributed by atoms with van der Waals surface area (Å²) in [4.78, 5) is 23.7. The first-order chi connectivity index (χ1) is 12.2. The molecule has 4 aliphatic carbocycles. The van der Waals surface area contributed by atoms with Gasteiger partial charge in [0.15, 0.2) is 0 Å². The highest BCUT2D eigenvalue weighted by atomic mass is 16.3. The molecule has 26 heavy (non-hydrogen) atoms. The molecule has 4 saturated carbocycles. The molecule has 5 heteroatoms. The molecule has 0 aliphatic heterocycles. The molecule has 0 aromatic heterocycles. The van der Waals surface area contributed by atoms with Crippen molar-refractivity contribution in [3.05, 3.63) is 0 Å². The maximum Gasteiger partial charge on any atom is 0.217 e. The number of hydrogen-bond acceptors (Lipinski definition) is 4. The normalized spacial score (nSPS) is 53.4. The van der Waals surface area contributed by atoms with E-state index in [1.807, 2.05) is 0 Å². The summed E-state index contributed by atoms with van der Waals surface area (Å²) in [6.45, 7) is 5.99. The van der Waals surface area contributed by atoms with Crippen molar-refractivity contribution in [1.29, 1.82) is 0 Å². The van der Waals surface area contributed by atoms with Gasteiger partial charge in [-0.3, -0.25) is 9.59 Å². The van der Waals surface area contributed by atoms with Crippen LogP contribution in [0.1, 0.15) is 65.7 Å².